The van der Waals surface area contributed by atoms with Crippen molar-refractivity contribution in [1.82, 2.24) is 9.78 Å². The van der Waals surface area contributed by atoms with Gasteiger partial charge in [-0.25, -0.2) is 4.68 Å². The van der Waals surface area contributed by atoms with Crippen LogP contribution in [-0.4, -0.2) is 19.7 Å². The molecule has 5 nitrogen and oxygen atoms in total. The van der Waals surface area contributed by atoms with Gasteiger partial charge in [0, 0.05) is 5.75 Å². The third-order valence-electron chi connectivity index (χ3n) is 3.03. The van der Waals surface area contributed by atoms with Gasteiger partial charge in [0.05, 0.1) is 26.4 Å². The molecular formula is C13H9Cl2F3N4OS. The number of benzene rings is 1. The molecule has 2 rings (SSSR count). The second kappa shape index (κ2) is 6.63. The largest absolute Gasteiger partial charge is 0.416 e. The smallest absolute Gasteiger partial charge is 0.383 e. The first-order chi connectivity index (χ1) is 11.1. The highest BCUT2D eigenvalue weighted by molar-refractivity contribution is 7.85. The molecule has 128 valence electrons. The summed E-state index contributed by atoms with van der Waals surface area (Å²) in [6.07, 6.45) is -4.63. The molecule has 1 aromatic heterocycles. The number of aromatic nitrogens is 2. The van der Waals surface area contributed by atoms with E-state index in [0.717, 1.165) is 4.68 Å². The molecule has 24 heavy (non-hydrogen) atoms. The summed E-state index contributed by atoms with van der Waals surface area (Å²) in [6.45, 7) is 1.62. The zero-order valence-electron chi connectivity index (χ0n) is 12.0. The maximum Gasteiger partial charge on any atom is 0.416 e. The van der Waals surface area contributed by atoms with Gasteiger partial charge in [-0.3, -0.25) is 4.21 Å². The molecule has 1 aromatic carbocycles. The second-order valence-corrected chi connectivity index (χ2v) is 7.00. The molecule has 0 saturated heterocycles. The van der Waals surface area contributed by atoms with E-state index in [-0.39, 0.29) is 37.9 Å². The average Bonchev–Trinajstić information content (AvgIpc) is 2.81. The number of hydrogen-bond acceptors (Lipinski definition) is 4. The van der Waals surface area contributed by atoms with Gasteiger partial charge in [0.15, 0.2) is 5.69 Å². The number of nitrogens with two attached hydrogens (primary N) is 1. The summed E-state index contributed by atoms with van der Waals surface area (Å²) in [7, 11) is -1.60. The van der Waals surface area contributed by atoms with Gasteiger partial charge in [-0.1, -0.05) is 30.1 Å². The summed E-state index contributed by atoms with van der Waals surface area (Å²) in [4.78, 5) is -0.00738. The Morgan fingerprint density at radius 1 is 1.38 bits per heavy atom. The van der Waals surface area contributed by atoms with Crippen LogP contribution in [0.1, 0.15) is 18.2 Å². The number of halogens is 5. The van der Waals surface area contributed by atoms with E-state index >= 15 is 0 Å². The van der Waals surface area contributed by atoms with Crippen LogP contribution in [0.5, 0.6) is 0 Å². The van der Waals surface area contributed by atoms with Crippen LogP contribution < -0.4 is 5.73 Å². The number of hydrogen-bond donors (Lipinski definition) is 1. The summed E-state index contributed by atoms with van der Waals surface area (Å²) in [6, 6.07) is 3.09. The number of nitrogen functional groups attached to an aromatic ring is 1. The van der Waals surface area contributed by atoms with Crippen molar-refractivity contribution in [3.05, 3.63) is 33.4 Å². The predicted molar refractivity (Wildman–Crippen MR) is 84.7 cm³/mol. The molecule has 2 aromatic rings. The maximum atomic E-state index is 12.8. The fraction of sp³-hybridized carbons (Fsp3) is 0.231. The fourth-order valence-corrected chi connectivity index (χ4v) is 3.52. The summed E-state index contributed by atoms with van der Waals surface area (Å²) >= 11 is 11.8. The number of nitrogens with zero attached hydrogens (tertiary/aromatic N) is 3. The standard InChI is InChI=1S/C13H9Cl2F3N4OS/c1-2-24(23)11-9(5-19)21-22(12(11)20)10-7(14)3-6(4-8(10)15)13(16,17)18/h3-4H,2,20H2,1H3. The lowest BCUT2D eigenvalue weighted by Gasteiger charge is -2.13. The van der Waals surface area contributed by atoms with Gasteiger partial charge in [0.25, 0.3) is 0 Å². The van der Waals surface area contributed by atoms with Crippen molar-refractivity contribution in [1.29, 1.82) is 5.26 Å². The topological polar surface area (TPSA) is 84.7 Å². The normalized spacial score (nSPS) is 12.9. The van der Waals surface area contributed by atoms with Gasteiger partial charge < -0.3 is 5.73 Å². The first kappa shape index (κ1) is 18.6. The number of nitriles is 1. The first-order valence-electron chi connectivity index (χ1n) is 6.35. The van der Waals surface area contributed by atoms with Gasteiger partial charge in [-0.15, -0.1) is 0 Å². The van der Waals surface area contributed by atoms with Crippen LogP contribution in [0, 0.1) is 11.3 Å². The summed E-state index contributed by atoms with van der Waals surface area (Å²) in [5, 5.41) is 12.3. The van der Waals surface area contributed by atoms with E-state index in [0.29, 0.717) is 12.1 Å². The van der Waals surface area contributed by atoms with Crippen LogP contribution >= 0.6 is 23.2 Å². The van der Waals surface area contributed by atoms with Crippen LogP contribution in [-0.2, 0) is 17.0 Å². The molecule has 0 radical (unpaired) electrons. The molecule has 0 fully saturated rings. The Kier molecular flexibility index (Phi) is 5.13. The minimum absolute atomic E-state index is 0.00738. The molecule has 1 heterocycles. The Bertz CT molecular complexity index is 850. The van der Waals surface area contributed by atoms with E-state index in [1.54, 1.807) is 13.0 Å². The fourth-order valence-electron chi connectivity index (χ4n) is 1.96. The zero-order valence-corrected chi connectivity index (χ0v) is 14.3. The number of rotatable bonds is 3. The molecular weight excluding hydrogens is 388 g/mol. The van der Waals surface area contributed by atoms with Gasteiger partial charge in [-0.05, 0) is 12.1 Å². The quantitative estimate of drug-likeness (QED) is 0.855. The third-order valence-corrected chi connectivity index (χ3v) is 4.99. The summed E-state index contributed by atoms with van der Waals surface area (Å²) in [5.74, 6) is 0.00859. The molecule has 0 aliphatic heterocycles. The third kappa shape index (κ3) is 3.22. The van der Waals surface area contributed by atoms with Gasteiger partial charge >= 0.3 is 6.18 Å². The van der Waals surface area contributed by atoms with Crippen LogP contribution in [0.15, 0.2) is 17.0 Å². The molecule has 0 aliphatic rings. The molecule has 0 bridgehead atoms. The molecule has 2 N–H and O–H groups in total. The molecule has 1 unspecified atom stereocenters. The molecule has 0 amide bonds. The van der Waals surface area contributed by atoms with Gasteiger partial charge in [0.2, 0.25) is 0 Å². The minimum Gasteiger partial charge on any atom is -0.383 e. The SMILES string of the molecule is CCS(=O)c1c(C#N)nn(-c2c(Cl)cc(C(F)(F)F)cc2Cl)c1N. The second-order valence-electron chi connectivity index (χ2n) is 4.51. The van der Waals surface area contributed by atoms with Crippen molar-refractivity contribution in [3.63, 3.8) is 0 Å². The van der Waals surface area contributed by atoms with Crippen molar-refractivity contribution in [3.8, 4) is 11.8 Å². The minimum atomic E-state index is -4.63. The van der Waals surface area contributed by atoms with Gasteiger partial charge in [-0.2, -0.15) is 23.5 Å². The summed E-state index contributed by atoms with van der Waals surface area (Å²) in [5.41, 5.74) is 4.50. The Balaban J connectivity index is 2.73. The maximum absolute atomic E-state index is 12.8. The van der Waals surface area contributed by atoms with E-state index in [1.807, 2.05) is 0 Å². The predicted octanol–water partition coefficient (Wildman–Crippen LogP) is 3.78. The Morgan fingerprint density at radius 2 is 1.92 bits per heavy atom. The lowest BCUT2D eigenvalue weighted by atomic mass is 10.2. The molecule has 0 aliphatic carbocycles. The van der Waals surface area contributed by atoms with Crippen molar-refractivity contribution in [2.24, 2.45) is 0 Å². The lowest BCUT2D eigenvalue weighted by Crippen LogP contribution is -2.09. The molecule has 1 atom stereocenters. The van der Waals surface area contributed by atoms with Crippen LogP contribution in [0.2, 0.25) is 10.0 Å². The van der Waals surface area contributed by atoms with Crippen LogP contribution in [0.4, 0.5) is 19.0 Å². The van der Waals surface area contributed by atoms with Crippen LogP contribution in [0.25, 0.3) is 5.69 Å². The number of anilines is 1. The summed E-state index contributed by atoms with van der Waals surface area (Å²) < 4.78 is 51.3. The monoisotopic (exact) mass is 396 g/mol. The van der Waals surface area contributed by atoms with E-state index < -0.39 is 22.5 Å². The average molecular weight is 397 g/mol. The zero-order chi connectivity index (χ0) is 18.2. The highest BCUT2D eigenvalue weighted by Crippen LogP contribution is 2.39. The van der Waals surface area contributed by atoms with Gasteiger partial charge in [0.1, 0.15) is 22.5 Å². The lowest BCUT2D eigenvalue weighted by molar-refractivity contribution is -0.137. The Labute approximate surface area is 147 Å². The van der Waals surface area contributed by atoms with Crippen molar-refractivity contribution < 1.29 is 17.4 Å². The Morgan fingerprint density at radius 3 is 2.33 bits per heavy atom. The highest BCUT2D eigenvalue weighted by atomic mass is 35.5. The van der Waals surface area contributed by atoms with Crippen molar-refractivity contribution >= 4 is 39.8 Å². The van der Waals surface area contributed by atoms with E-state index in [9.17, 15) is 17.4 Å². The van der Waals surface area contributed by atoms with Crippen molar-refractivity contribution in [2.45, 2.75) is 18.0 Å². The van der Waals surface area contributed by atoms with Crippen molar-refractivity contribution in [2.75, 3.05) is 11.5 Å². The molecule has 11 heteroatoms. The first-order valence-corrected chi connectivity index (χ1v) is 8.42. The van der Waals surface area contributed by atoms with E-state index in [1.165, 1.54) is 0 Å². The Hall–Kier alpha value is -1.76. The van der Waals surface area contributed by atoms with E-state index in [4.69, 9.17) is 34.2 Å². The molecule has 0 spiro atoms. The number of alkyl halides is 3. The van der Waals surface area contributed by atoms with E-state index in [2.05, 4.69) is 5.10 Å². The molecule has 0 saturated carbocycles. The van der Waals surface area contributed by atoms with Crippen LogP contribution in [0.3, 0.4) is 0 Å². The highest BCUT2D eigenvalue weighted by Gasteiger charge is 2.33.